The lowest BCUT2D eigenvalue weighted by atomic mass is 10.2. The molecule has 0 atom stereocenters. The van der Waals surface area contributed by atoms with Crippen molar-refractivity contribution in [2.75, 3.05) is 10.6 Å². The normalized spacial score (nSPS) is 10.9. The fourth-order valence-corrected chi connectivity index (χ4v) is 3.56. The fraction of sp³-hybridized carbons (Fsp3) is 0.333. The van der Waals surface area contributed by atoms with Crippen molar-refractivity contribution in [1.82, 2.24) is 19.6 Å². The van der Waals surface area contributed by atoms with Gasteiger partial charge in [0.2, 0.25) is 0 Å². The van der Waals surface area contributed by atoms with E-state index in [0.717, 1.165) is 16.1 Å². The molecular weight excluding hydrogens is 364 g/mol. The highest BCUT2D eigenvalue weighted by Gasteiger charge is 2.22. The molecule has 2 N–H and O–H groups in total. The van der Waals surface area contributed by atoms with E-state index in [-0.39, 0.29) is 11.8 Å². The van der Waals surface area contributed by atoms with Gasteiger partial charge in [-0.3, -0.25) is 19.0 Å². The van der Waals surface area contributed by atoms with Gasteiger partial charge in [-0.15, -0.1) is 11.3 Å². The third-order valence-corrected chi connectivity index (χ3v) is 5.63. The second-order valence-corrected chi connectivity index (χ2v) is 7.50. The molecule has 0 aliphatic carbocycles. The second-order valence-electron chi connectivity index (χ2n) is 6.25. The molecule has 0 spiro atoms. The van der Waals surface area contributed by atoms with Crippen molar-refractivity contribution in [1.29, 1.82) is 0 Å². The lowest BCUT2D eigenvalue weighted by Gasteiger charge is -2.09. The van der Waals surface area contributed by atoms with E-state index in [4.69, 9.17) is 0 Å². The Bertz CT molecular complexity index is 994. The number of anilines is 2. The van der Waals surface area contributed by atoms with E-state index in [1.165, 1.54) is 17.5 Å². The van der Waals surface area contributed by atoms with E-state index >= 15 is 0 Å². The standard InChI is InChI=1S/C18H22N6O2S/c1-6-24-16(18(26)21-13-8-19-23(5)11(13)3)14(9-20-24)22-17(25)15-7-10(2)12(4)27-15/h7-9H,6H2,1-5H3,(H,21,26)(H,22,25). The SMILES string of the molecule is CCn1ncc(NC(=O)c2cc(C)c(C)s2)c1C(=O)Nc1cnn(C)c1C. The molecule has 0 bridgehead atoms. The highest BCUT2D eigenvalue weighted by Crippen LogP contribution is 2.24. The van der Waals surface area contributed by atoms with Crippen LogP contribution in [0.4, 0.5) is 11.4 Å². The Labute approximate surface area is 161 Å². The Hall–Kier alpha value is -2.94. The largest absolute Gasteiger partial charge is 0.318 e. The first-order valence-corrected chi connectivity index (χ1v) is 9.37. The van der Waals surface area contributed by atoms with Crippen molar-refractivity contribution in [3.8, 4) is 0 Å². The Morgan fingerprint density at radius 3 is 2.30 bits per heavy atom. The van der Waals surface area contributed by atoms with Gasteiger partial charge in [-0.05, 0) is 39.3 Å². The van der Waals surface area contributed by atoms with Crippen molar-refractivity contribution < 1.29 is 9.59 Å². The van der Waals surface area contributed by atoms with Crippen molar-refractivity contribution >= 4 is 34.5 Å². The number of nitrogens with zero attached hydrogens (tertiary/aromatic N) is 4. The van der Waals surface area contributed by atoms with Crippen LogP contribution in [0.1, 0.15) is 43.2 Å². The van der Waals surface area contributed by atoms with Crippen LogP contribution in [-0.4, -0.2) is 31.4 Å². The van der Waals surface area contributed by atoms with Crippen LogP contribution in [0, 0.1) is 20.8 Å². The first-order valence-electron chi connectivity index (χ1n) is 8.56. The van der Waals surface area contributed by atoms with Gasteiger partial charge in [-0.1, -0.05) is 0 Å². The molecule has 0 aliphatic heterocycles. The molecule has 0 radical (unpaired) electrons. The van der Waals surface area contributed by atoms with E-state index in [1.807, 2.05) is 33.8 Å². The predicted octanol–water partition coefficient (Wildman–Crippen LogP) is 3.13. The molecule has 3 aromatic heterocycles. The van der Waals surface area contributed by atoms with Crippen molar-refractivity contribution in [2.24, 2.45) is 7.05 Å². The van der Waals surface area contributed by atoms with Gasteiger partial charge >= 0.3 is 0 Å². The summed E-state index contributed by atoms with van der Waals surface area (Å²) in [6, 6.07) is 1.85. The number of aryl methyl sites for hydroxylation is 4. The zero-order valence-corrected chi connectivity index (χ0v) is 16.8. The molecule has 0 aromatic carbocycles. The summed E-state index contributed by atoms with van der Waals surface area (Å²) < 4.78 is 3.23. The molecule has 9 heteroatoms. The fourth-order valence-electron chi connectivity index (χ4n) is 2.63. The lowest BCUT2D eigenvalue weighted by molar-refractivity contribution is 0.101. The van der Waals surface area contributed by atoms with Crippen molar-refractivity contribution in [2.45, 2.75) is 34.2 Å². The monoisotopic (exact) mass is 386 g/mol. The number of hydrogen-bond acceptors (Lipinski definition) is 5. The summed E-state index contributed by atoms with van der Waals surface area (Å²) in [4.78, 5) is 27.1. The second kappa shape index (κ2) is 7.36. The summed E-state index contributed by atoms with van der Waals surface area (Å²) in [5.41, 5.74) is 3.21. The van der Waals surface area contributed by atoms with Crippen LogP contribution in [0.15, 0.2) is 18.5 Å². The molecule has 0 aliphatic rings. The van der Waals surface area contributed by atoms with Crippen LogP contribution in [0.3, 0.4) is 0 Å². The Kier molecular flexibility index (Phi) is 5.13. The van der Waals surface area contributed by atoms with E-state index in [1.54, 1.807) is 22.6 Å². The molecule has 142 valence electrons. The van der Waals surface area contributed by atoms with Gasteiger partial charge in [-0.25, -0.2) is 0 Å². The minimum absolute atomic E-state index is 0.251. The summed E-state index contributed by atoms with van der Waals surface area (Å²) >= 11 is 1.43. The van der Waals surface area contributed by atoms with Gasteiger partial charge in [0.15, 0.2) is 0 Å². The highest BCUT2D eigenvalue weighted by molar-refractivity contribution is 7.14. The number of rotatable bonds is 5. The summed E-state index contributed by atoms with van der Waals surface area (Å²) in [6.45, 7) is 8.19. The molecular formula is C18H22N6O2S. The molecule has 0 saturated heterocycles. The van der Waals surface area contributed by atoms with Gasteiger partial charge in [0.1, 0.15) is 5.69 Å². The first kappa shape index (κ1) is 18.8. The summed E-state index contributed by atoms with van der Waals surface area (Å²) in [7, 11) is 1.80. The average molecular weight is 386 g/mol. The van der Waals surface area contributed by atoms with Crippen LogP contribution in [0.5, 0.6) is 0 Å². The van der Waals surface area contributed by atoms with Gasteiger partial charge in [0.05, 0.1) is 34.3 Å². The van der Waals surface area contributed by atoms with Gasteiger partial charge in [0, 0.05) is 18.5 Å². The number of thiophene rings is 1. The van der Waals surface area contributed by atoms with E-state index in [2.05, 4.69) is 20.8 Å². The van der Waals surface area contributed by atoms with Gasteiger partial charge in [0.25, 0.3) is 11.8 Å². The zero-order chi connectivity index (χ0) is 19.7. The van der Waals surface area contributed by atoms with Gasteiger partial charge in [-0.2, -0.15) is 10.2 Å². The summed E-state index contributed by atoms with van der Waals surface area (Å²) in [6.07, 6.45) is 3.09. The molecule has 2 amide bonds. The average Bonchev–Trinajstić information content (AvgIpc) is 3.29. The molecule has 3 aromatic rings. The number of aromatic nitrogens is 4. The summed E-state index contributed by atoms with van der Waals surface area (Å²) in [5, 5.41) is 14.0. The molecule has 0 unspecified atom stereocenters. The van der Waals surface area contributed by atoms with Crippen LogP contribution in [-0.2, 0) is 13.6 Å². The Balaban J connectivity index is 1.87. The molecule has 3 rings (SSSR count). The van der Waals surface area contributed by atoms with Crippen LogP contribution < -0.4 is 10.6 Å². The van der Waals surface area contributed by atoms with Crippen LogP contribution in [0.25, 0.3) is 0 Å². The Morgan fingerprint density at radius 1 is 1.07 bits per heavy atom. The third kappa shape index (κ3) is 3.63. The quantitative estimate of drug-likeness (QED) is 0.704. The first-order chi connectivity index (χ1) is 12.8. The van der Waals surface area contributed by atoms with Crippen molar-refractivity contribution in [3.63, 3.8) is 0 Å². The van der Waals surface area contributed by atoms with E-state index in [9.17, 15) is 9.59 Å². The van der Waals surface area contributed by atoms with E-state index in [0.29, 0.717) is 28.5 Å². The predicted molar refractivity (Wildman–Crippen MR) is 106 cm³/mol. The number of carbonyl (C=O) groups is 2. The molecule has 8 nitrogen and oxygen atoms in total. The third-order valence-electron chi connectivity index (χ3n) is 4.48. The number of hydrogen-bond donors (Lipinski definition) is 2. The van der Waals surface area contributed by atoms with E-state index < -0.39 is 0 Å². The highest BCUT2D eigenvalue weighted by atomic mass is 32.1. The molecule has 0 saturated carbocycles. The minimum atomic E-state index is -0.348. The summed E-state index contributed by atoms with van der Waals surface area (Å²) in [5.74, 6) is -0.599. The molecule has 0 fully saturated rings. The van der Waals surface area contributed by atoms with Crippen molar-refractivity contribution in [3.05, 3.63) is 45.2 Å². The number of amides is 2. The zero-order valence-electron chi connectivity index (χ0n) is 16.0. The Morgan fingerprint density at radius 2 is 1.74 bits per heavy atom. The number of nitrogens with one attached hydrogen (secondary N) is 2. The smallest absolute Gasteiger partial charge is 0.276 e. The topological polar surface area (TPSA) is 93.8 Å². The molecule has 27 heavy (non-hydrogen) atoms. The number of carbonyl (C=O) groups excluding carboxylic acids is 2. The van der Waals surface area contributed by atoms with Crippen LogP contribution in [0.2, 0.25) is 0 Å². The molecule has 3 heterocycles. The minimum Gasteiger partial charge on any atom is -0.318 e. The maximum atomic E-state index is 12.9. The maximum Gasteiger partial charge on any atom is 0.276 e. The van der Waals surface area contributed by atoms with Crippen LogP contribution >= 0.6 is 11.3 Å². The maximum absolute atomic E-state index is 12.9. The van der Waals surface area contributed by atoms with Gasteiger partial charge < -0.3 is 10.6 Å². The lowest BCUT2D eigenvalue weighted by Crippen LogP contribution is -2.21.